The van der Waals surface area contributed by atoms with Crippen molar-refractivity contribution < 1.29 is 14.6 Å². The Morgan fingerprint density at radius 3 is 2.78 bits per heavy atom. The molecule has 1 aliphatic rings. The van der Waals surface area contributed by atoms with E-state index in [0.29, 0.717) is 13.1 Å². The molecule has 1 fully saturated rings. The second-order valence-electron chi connectivity index (χ2n) is 4.54. The molecular weight excluding hydrogens is 232 g/mol. The summed E-state index contributed by atoms with van der Waals surface area (Å²) in [7, 11) is 0. The second-order valence-corrected chi connectivity index (χ2v) is 4.54. The highest BCUT2D eigenvalue weighted by molar-refractivity contribution is 5.65. The zero-order valence-electron chi connectivity index (χ0n) is 10.2. The third-order valence-electron chi connectivity index (χ3n) is 3.10. The molecule has 0 radical (unpaired) electrons. The van der Waals surface area contributed by atoms with Gasteiger partial charge in [-0.2, -0.15) is 0 Å². The minimum absolute atomic E-state index is 0.282. The lowest BCUT2D eigenvalue weighted by molar-refractivity contribution is 0.0780. The molecule has 1 aliphatic heterocycles. The highest BCUT2D eigenvalue weighted by Gasteiger charge is 2.25. The van der Waals surface area contributed by atoms with Crippen LogP contribution in [-0.2, 0) is 4.74 Å². The first-order valence-corrected chi connectivity index (χ1v) is 6.06. The quantitative estimate of drug-likeness (QED) is 0.832. The lowest BCUT2D eigenvalue weighted by Crippen LogP contribution is -2.30. The van der Waals surface area contributed by atoms with Gasteiger partial charge in [-0.3, -0.25) is 4.90 Å². The van der Waals surface area contributed by atoms with Gasteiger partial charge in [0, 0.05) is 19.6 Å². The Hall–Kier alpha value is -1.59. The molecule has 0 saturated carbocycles. The number of ether oxygens (including phenoxy) is 1. The van der Waals surface area contributed by atoms with Gasteiger partial charge in [-0.15, -0.1) is 0 Å². The molecule has 2 atom stereocenters. The topological polar surface area (TPSA) is 75.8 Å². The van der Waals surface area contributed by atoms with Crippen molar-refractivity contribution in [3.63, 3.8) is 0 Å². The normalized spacial score (nSPS) is 21.7. The van der Waals surface area contributed by atoms with Gasteiger partial charge in [-0.25, -0.2) is 4.79 Å². The maximum atomic E-state index is 11.0. The van der Waals surface area contributed by atoms with Gasteiger partial charge < -0.3 is 15.6 Å². The molecule has 0 aliphatic carbocycles. The van der Waals surface area contributed by atoms with Crippen LogP contribution in [0.25, 0.3) is 0 Å². The summed E-state index contributed by atoms with van der Waals surface area (Å²) in [6.07, 6.45) is -0.675. The Bertz CT molecular complexity index is 396. The van der Waals surface area contributed by atoms with Gasteiger partial charge in [0.25, 0.3) is 0 Å². The minimum atomic E-state index is -0.774. The molecule has 1 amide bonds. The van der Waals surface area contributed by atoms with Crippen molar-refractivity contribution in [2.24, 2.45) is 5.73 Å². The summed E-state index contributed by atoms with van der Waals surface area (Å²) >= 11 is 0. The Kier molecular flexibility index (Phi) is 4.17. The number of rotatable bonds is 4. The van der Waals surface area contributed by atoms with Crippen LogP contribution in [0.2, 0.25) is 0 Å². The van der Waals surface area contributed by atoms with Crippen molar-refractivity contribution in [2.75, 3.05) is 19.6 Å². The van der Waals surface area contributed by atoms with Gasteiger partial charge >= 0.3 is 6.09 Å². The summed E-state index contributed by atoms with van der Waals surface area (Å²) < 4.78 is 5.15. The van der Waals surface area contributed by atoms with E-state index in [1.807, 2.05) is 30.3 Å². The number of benzene rings is 1. The molecule has 1 aromatic carbocycles. The van der Waals surface area contributed by atoms with Crippen LogP contribution in [0.1, 0.15) is 18.1 Å². The third kappa shape index (κ3) is 3.45. The number of nitrogens with zero attached hydrogens (tertiary/aromatic N) is 1. The number of carbonyl (C=O) groups is 1. The standard InChI is InChI=1S/C13H18N2O3/c14-13(17)18-12(10-4-2-1-3-5-10)9-15-7-6-11(16)8-15/h1-5,11-12,16H,6-9H2,(H2,14,17)/t11-,12+/m0/s1. The Morgan fingerprint density at radius 2 is 2.22 bits per heavy atom. The van der Waals surface area contributed by atoms with Crippen LogP contribution >= 0.6 is 0 Å². The number of aliphatic hydroxyl groups excluding tert-OH is 1. The molecule has 0 spiro atoms. The van der Waals surface area contributed by atoms with Crippen molar-refractivity contribution in [1.29, 1.82) is 0 Å². The van der Waals surface area contributed by atoms with Crippen LogP contribution in [0, 0.1) is 0 Å². The van der Waals surface area contributed by atoms with Crippen LogP contribution in [0.3, 0.4) is 0 Å². The number of aliphatic hydroxyl groups is 1. The summed E-state index contributed by atoms with van der Waals surface area (Å²) in [5.41, 5.74) is 6.02. The maximum absolute atomic E-state index is 11.0. The van der Waals surface area contributed by atoms with E-state index in [0.717, 1.165) is 18.5 Å². The van der Waals surface area contributed by atoms with E-state index in [9.17, 15) is 9.90 Å². The van der Waals surface area contributed by atoms with Crippen LogP contribution in [0.15, 0.2) is 30.3 Å². The summed E-state index contributed by atoms with van der Waals surface area (Å²) in [4.78, 5) is 13.0. The van der Waals surface area contributed by atoms with Gasteiger partial charge in [-0.1, -0.05) is 30.3 Å². The number of amides is 1. The fourth-order valence-corrected chi connectivity index (χ4v) is 2.23. The van der Waals surface area contributed by atoms with E-state index in [1.165, 1.54) is 0 Å². The van der Waals surface area contributed by atoms with Crippen molar-refractivity contribution in [3.05, 3.63) is 35.9 Å². The molecule has 3 N–H and O–H groups in total. The Morgan fingerprint density at radius 1 is 1.50 bits per heavy atom. The summed E-state index contributed by atoms with van der Waals surface area (Å²) in [5, 5.41) is 9.49. The highest BCUT2D eigenvalue weighted by Crippen LogP contribution is 2.21. The summed E-state index contributed by atoms with van der Waals surface area (Å²) in [6, 6.07) is 9.50. The zero-order chi connectivity index (χ0) is 13.0. The smallest absolute Gasteiger partial charge is 0.405 e. The summed E-state index contributed by atoms with van der Waals surface area (Å²) in [6.45, 7) is 1.99. The van der Waals surface area contributed by atoms with E-state index in [2.05, 4.69) is 4.90 Å². The van der Waals surface area contributed by atoms with Crippen molar-refractivity contribution in [2.45, 2.75) is 18.6 Å². The third-order valence-corrected chi connectivity index (χ3v) is 3.10. The first-order chi connectivity index (χ1) is 8.65. The van der Waals surface area contributed by atoms with Crippen LogP contribution in [0.5, 0.6) is 0 Å². The van der Waals surface area contributed by atoms with E-state index >= 15 is 0 Å². The number of primary amides is 1. The SMILES string of the molecule is NC(=O)O[C@H](CN1CC[C@H](O)C1)c1ccccc1. The summed E-state index contributed by atoms with van der Waals surface area (Å²) in [5.74, 6) is 0. The molecule has 0 unspecified atom stereocenters. The molecule has 2 rings (SSSR count). The lowest BCUT2D eigenvalue weighted by atomic mass is 10.1. The fourth-order valence-electron chi connectivity index (χ4n) is 2.23. The predicted octanol–water partition coefficient (Wildman–Crippen LogP) is 0.890. The Balaban J connectivity index is 2.03. The average molecular weight is 250 g/mol. The fraction of sp³-hybridized carbons (Fsp3) is 0.462. The van der Waals surface area contributed by atoms with Crippen molar-refractivity contribution in [1.82, 2.24) is 4.90 Å². The molecule has 1 heterocycles. The zero-order valence-corrected chi connectivity index (χ0v) is 10.2. The largest absolute Gasteiger partial charge is 0.440 e. The predicted molar refractivity (Wildman–Crippen MR) is 66.9 cm³/mol. The minimum Gasteiger partial charge on any atom is -0.440 e. The monoisotopic (exact) mass is 250 g/mol. The van der Waals surface area contributed by atoms with Gasteiger partial charge in [0.2, 0.25) is 0 Å². The molecular formula is C13H18N2O3. The van der Waals surface area contributed by atoms with Gasteiger partial charge in [0.15, 0.2) is 0 Å². The number of hydrogen-bond acceptors (Lipinski definition) is 4. The van der Waals surface area contributed by atoms with Gasteiger partial charge in [0.05, 0.1) is 6.10 Å². The average Bonchev–Trinajstić information content (AvgIpc) is 2.75. The van der Waals surface area contributed by atoms with E-state index in [4.69, 9.17) is 10.5 Å². The number of hydrogen-bond donors (Lipinski definition) is 2. The lowest BCUT2D eigenvalue weighted by Gasteiger charge is -2.23. The van der Waals surface area contributed by atoms with Crippen LogP contribution in [0.4, 0.5) is 4.79 Å². The number of likely N-dealkylation sites (tertiary alicyclic amines) is 1. The van der Waals surface area contributed by atoms with Gasteiger partial charge in [-0.05, 0) is 12.0 Å². The molecule has 1 aromatic rings. The highest BCUT2D eigenvalue weighted by atomic mass is 16.6. The first-order valence-electron chi connectivity index (χ1n) is 6.06. The number of β-amino-alcohol motifs (C(OH)–C–C–N with tert-alkyl or cyclic N) is 1. The molecule has 5 heteroatoms. The number of nitrogens with two attached hydrogens (primary N) is 1. The number of carbonyl (C=O) groups excluding carboxylic acids is 1. The molecule has 5 nitrogen and oxygen atoms in total. The van der Waals surface area contributed by atoms with E-state index in [1.54, 1.807) is 0 Å². The van der Waals surface area contributed by atoms with E-state index in [-0.39, 0.29) is 12.2 Å². The van der Waals surface area contributed by atoms with Crippen molar-refractivity contribution >= 4 is 6.09 Å². The first kappa shape index (κ1) is 12.9. The van der Waals surface area contributed by atoms with E-state index < -0.39 is 6.09 Å². The molecule has 0 aromatic heterocycles. The molecule has 18 heavy (non-hydrogen) atoms. The van der Waals surface area contributed by atoms with Gasteiger partial charge in [0.1, 0.15) is 6.10 Å². The van der Waals surface area contributed by atoms with Crippen molar-refractivity contribution in [3.8, 4) is 0 Å². The van der Waals surface area contributed by atoms with Crippen LogP contribution in [-0.4, -0.2) is 41.8 Å². The Labute approximate surface area is 106 Å². The maximum Gasteiger partial charge on any atom is 0.405 e. The van der Waals surface area contributed by atoms with Crippen LogP contribution < -0.4 is 5.73 Å². The second kappa shape index (κ2) is 5.84. The molecule has 1 saturated heterocycles. The molecule has 0 bridgehead atoms. The molecule has 98 valence electrons.